The smallest absolute Gasteiger partial charge is 0.133 e. The molecule has 3 nitrogen and oxygen atoms in total. The van der Waals surface area contributed by atoms with E-state index in [4.69, 9.17) is 17.3 Å². The molecule has 1 aromatic heterocycles. The number of benzene rings is 1. The van der Waals surface area contributed by atoms with Crippen molar-refractivity contribution in [1.82, 2.24) is 4.98 Å². The minimum absolute atomic E-state index is 0.425. The molecule has 18 heavy (non-hydrogen) atoms. The Balaban J connectivity index is 1.69. The molecular formula is C14H14ClN3. The van der Waals surface area contributed by atoms with Crippen molar-refractivity contribution < 1.29 is 0 Å². The quantitative estimate of drug-likeness (QED) is 0.832. The summed E-state index contributed by atoms with van der Waals surface area (Å²) in [7, 11) is 0. The Bertz CT molecular complexity index is 536. The number of aromatic nitrogens is 1. The molecule has 1 aliphatic rings. The van der Waals surface area contributed by atoms with Crippen LogP contribution in [0.25, 0.3) is 0 Å². The Morgan fingerprint density at radius 3 is 2.72 bits per heavy atom. The fourth-order valence-electron chi connectivity index (χ4n) is 2.20. The van der Waals surface area contributed by atoms with Crippen LogP contribution in [0.4, 0.5) is 11.5 Å². The molecule has 0 radical (unpaired) electrons. The number of halogens is 1. The van der Waals surface area contributed by atoms with Crippen molar-refractivity contribution in [3.8, 4) is 0 Å². The molecule has 0 amide bonds. The third-order valence-corrected chi connectivity index (χ3v) is 3.36. The third kappa shape index (κ3) is 2.41. The van der Waals surface area contributed by atoms with Crippen molar-refractivity contribution in [2.45, 2.75) is 18.4 Å². The molecule has 1 saturated carbocycles. The Kier molecular flexibility index (Phi) is 2.84. The molecular weight excluding hydrogens is 246 g/mol. The highest BCUT2D eigenvalue weighted by Gasteiger charge is 2.38. The molecule has 2 atom stereocenters. The third-order valence-electron chi connectivity index (χ3n) is 3.17. The summed E-state index contributed by atoms with van der Waals surface area (Å²) >= 11 is 5.88. The number of pyridine rings is 1. The molecule has 92 valence electrons. The zero-order valence-electron chi connectivity index (χ0n) is 9.81. The zero-order valence-corrected chi connectivity index (χ0v) is 10.6. The first-order valence-electron chi connectivity index (χ1n) is 5.97. The molecule has 2 unspecified atom stereocenters. The summed E-state index contributed by atoms with van der Waals surface area (Å²) in [5, 5.41) is 3.80. The summed E-state index contributed by atoms with van der Waals surface area (Å²) in [6, 6.07) is 14.4. The summed E-state index contributed by atoms with van der Waals surface area (Å²) in [5.74, 6) is 1.32. The van der Waals surface area contributed by atoms with Gasteiger partial charge in [-0.2, -0.15) is 0 Å². The Morgan fingerprint density at radius 1 is 1.22 bits per heavy atom. The first-order chi connectivity index (χ1) is 8.72. The van der Waals surface area contributed by atoms with Crippen molar-refractivity contribution in [2.24, 2.45) is 0 Å². The van der Waals surface area contributed by atoms with E-state index in [9.17, 15) is 0 Å². The van der Waals surface area contributed by atoms with Gasteiger partial charge in [-0.15, -0.1) is 0 Å². The van der Waals surface area contributed by atoms with Crippen molar-refractivity contribution in [1.29, 1.82) is 0 Å². The van der Waals surface area contributed by atoms with E-state index in [0.29, 0.717) is 22.8 Å². The number of nitrogen functional groups attached to an aromatic ring is 1. The molecule has 3 rings (SSSR count). The second-order valence-corrected chi connectivity index (χ2v) is 5.00. The number of hydrogen-bond acceptors (Lipinski definition) is 3. The van der Waals surface area contributed by atoms with E-state index < -0.39 is 0 Å². The van der Waals surface area contributed by atoms with E-state index in [1.54, 1.807) is 6.07 Å². The van der Waals surface area contributed by atoms with Gasteiger partial charge in [0.25, 0.3) is 0 Å². The number of nitrogens with one attached hydrogen (secondary N) is 1. The largest absolute Gasteiger partial charge is 0.399 e. The maximum Gasteiger partial charge on any atom is 0.133 e. The van der Waals surface area contributed by atoms with Gasteiger partial charge in [-0.3, -0.25) is 0 Å². The van der Waals surface area contributed by atoms with Gasteiger partial charge >= 0.3 is 0 Å². The lowest BCUT2D eigenvalue weighted by atomic mass is 10.1. The normalized spacial score (nSPS) is 21.6. The Hall–Kier alpha value is -1.74. The SMILES string of the molecule is Nc1cc(Cl)nc(NC2CC2c2ccccc2)c1. The van der Waals surface area contributed by atoms with E-state index in [1.807, 2.05) is 12.1 Å². The molecule has 1 aromatic carbocycles. The van der Waals surface area contributed by atoms with Crippen LogP contribution in [-0.2, 0) is 0 Å². The average Bonchev–Trinajstić information content (AvgIpc) is 3.08. The van der Waals surface area contributed by atoms with Crippen LogP contribution in [0.15, 0.2) is 42.5 Å². The van der Waals surface area contributed by atoms with Gasteiger partial charge in [-0.25, -0.2) is 4.98 Å². The molecule has 2 aromatic rings. The monoisotopic (exact) mass is 259 g/mol. The summed E-state index contributed by atoms with van der Waals surface area (Å²) in [4.78, 5) is 4.22. The van der Waals surface area contributed by atoms with Crippen LogP contribution in [0, 0.1) is 0 Å². The van der Waals surface area contributed by atoms with Gasteiger partial charge in [-0.05, 0) is 18.1 Å². The van der Waals surface area contributed by atoms with Crippen LogP contribution in [0.3, 0.4) is 0 Å². The first kappa shape index (κ1) is 11.4. The molecule has 1 aliphatic carbocycles. The standard InChI is InChI=1S/C14H14ClN3/c15-13-6-10(16)7-14(18-13)17-12-8-11(12)9-4-2-1-3-5-9/h1-7,11-12H,8H2,(H3,16,17,18). The number of rotatable bonds is 3. The second kappa shape index (κ2) is 4.50. The molecule has 0 spiro atoms. The predicted octanol–water partition coefficient (Wildman–Crippen LogP) is 3.29. The zero-order chi connectivity index (χ0) is 12.5. The molecule has 3 N–H and O–H groups in total. The van der Waals surface area contributed by atoms with E-state index in [0.717, 1.165) is 12.2 Å². The fraction of sp³-hybridized carbons (Fsp3) is 0.214. The lowest BCUT2D eigenvalue weighted by Crippen LogP contribution is -2.06. The van der Waals surface area contributed by atoms with Crippen molar-refractivity contribution in [3.63, 3.8) is 0 Å². The minimum Gasteiger partial charge on any atom is -0.399 e. The topological polar surface area (TPSA) is 50.9 Å². The van der Waals surface area contributed by atoms with Crippen molar-refractivity contribution >= 4 is 23.1 Å². The van der Waals surface area contributed by atoms with Gasteiger partial charge in [0.05, 0.1) is 0 Å². The molecule has 0 bridgehead atoms. The Labute approximate surface area is 111 Å². The van der Waals surface area contributed by atoms with Crippen LogP contribution in [0.2, 0.25) is 5.15 Å². The second-order valence-electron chi connectivity index (χ2n) is 4.61. The summed E-state index contributed by atoms with van der Waals surface area (Å²) in [6.45, 7) is 0. The van der Waals surface area contributed by atoms with Crippen LogP contribution in [0.1, 0.15) is 17.9 Å². The lowest BCUT2D eigenvalue weighted by molar-refractivity contribution is 1.03. The maximum absolute atomic E-state index is 5.88. The number of anilines is 2. The molecule has 0 aliphatic heterocycles. The van der Waals surface area contributed by atoms with E-state index in [1.165, 1.54) is 5.56 Å². The highest BCUT2D eigenvalue weighted by Crippen LogP contribution is 2.42. The van der Waals surface area contributed by atoms with Crippen molar-refractivity contribution in [2.75, 3.05) is 11.1 Å². The van der Waals surface area contributed by atoms with Gasteiger partial charge in [0.15, 0.2) is 0 Å². The fourth-order valence-corrected chi connectivity index (χ4v) is 2.42. The highest BCUT2D eigenvalue weighted by molar-refractivity contribution is 6.29. The molecule has 0 saturated heterocycles. The molecule has 1 heterocycles. The van der Waals surface area contributed by atoms with Gasteiger partial charge in [0.1, 0.15) is 11.0 Å². The van der Waals surface area contributed by atoms with Crippen molar-refractivity contribution in [3.05, 3.63) is 53.2 Å². The Morgan fingerprint density at radius 2 is 2.00 bits per heavy atom. The van der Waals surface area contributed by atoms with E-state index in [-0.39, 0.29) is 0 Å². The summed E-state index contributed by atoms with van der Waals surface area (Å²) in [5.41, 5.74) is 7.74. The molecule has 1 fully saturated rings. The van der Waals surface area contributed by atoms with Crippen LogP contribution in [-0.4, -0.2) is 11.0 Å². The van der Waals surface area contributed by atoms with Crippen LogP contribution >= 0.6 is 11.6 Å². The van der Waals surface area contributed by atoms with E-state index >= 15 is 0 Å². The van der Waals surface area contributed by atoms with Crippen LogP contribution < -0.4 is 11.1 Å². The van der Waals surface area contributed by atoms with Gasteiger partial charge < -0.3 is 11.1 Å². The molecule has 4 heteroatoms. The maximum atomic E-state index is 5.88. The number of nitrogens with zero attached hydrogens (tertiary/aromatic N) is 1. The highest BCUT2D eigenvalue weighted by atomic mass is 35.5. The van der Waals surface area contributed by atoms with E-state index in [2.05, 4.69) is 34.6 Å². The summed E-state index contributed by atoms with van der Waals surface area (Å²) in [6.07, 6.45) is 1.12. The number of nitrogens with two attached hydrogens (primary N) is 1. The van der Waals surface area contributed by atoms with Gasteiger partial charge in [0, 0.05) is 23.7 Å². The predicted molar refractivity (Wildman–Crippen MR) is 74.9 cm³/mol. The number of hydrogen-bond donors (Lipinski definition) is 2. The minimum atomic E-state index is 0.425. The van der Waals surface area contributed by atoms with Gasteiger partial charge in [0.2, 0.25) is 0 Å². The van der Waals surface area contributed by atoms with Crippen LogP contribution in [0.5, 0.6) is 0 Å². The van der Waals surface area contributed by atoms with Gasteiger partial charge in [-0.1, -0.05) is 41.9 Å². The first-order valence-corrected chi connectivity index (χ1v) is 6.35. The summed E-state index contributed by atoms with van der Waals surface area (Å²) < 4.78 is 0. The lowest BCUT2D eigenvalue weighted by Gasteiger charge is -2.06. The average molecular weight is 260 g/mol.